The molecule has 3 amide bonds. The molecule has 0 aliphatic carbocycles. The number of aryl methyl sites for hydroxylation is 1. The number of nitrogens with one attached hydrogen (secondary N) is 3. The molecule has 1 atom stereocenters. The molecule has 4 aromatic rings. The number of benzene rings is 3. The third-order valence-electron chi connectivity index (χ3n) is 4.60. The van der Waals surface area contributed by atoms with Crippen LogP contribution in [0.1, 0.15) is 12.5 Å². The number of amides is 3. The maximum absolute atomic E-state index is 12.6. The van der Waals surface area contributed by atoms with E-state index in [2.05, 4.69) is 27.0 Å². The van der Waals surface area contributed by atoms with Gasteiger partial charge in [-0.25, -0.2) is 9.78 Å². The van der Waals surface area contributed by atoms with Crippen LogP contribution in [0.2, 0.25) is 0 Å². The number of para-hydroxylation sites is 1. The zero-order valence-electron chi connectivity index (χ0n) is 17.6. The van der Waals surface area contributed by atoms with Gasteiger partial charge < -0.3 is 16.0 Å². The summed E-state index contributed by atoms with van der Waals surface area (Å²) in [6.07, 6.45) is 0. The number of carbonyl (C=O) groups excluding carboxylic acids is 2. The first-order chi connectivity index (χ1) is 15.5. The van der Waals surface area contributed by atoms with E-state index in [1.807, 2.05) is 80.6 Å². The van der Waals surface area contributed by atoms with Crippen molar-refractivity contribution in [1.82, 2.24) is 4.98 Å². The summed E-state index contributed by atoms with van der Waals surface area (Å²) in [4.78, 5) is 30.1. The van der Waals surface area contributed by atoms with Crippen LogP contribution in [0.25, 0.3) is 10.2 Å². The Bertz CT molecular complexity index is 1240. The van der Waals surface area contributed by atoms with Crippen LogP contribution < -0.4 is 16.0 Å². The van der Waals surface area contributed by atoms with Crippen molar-refractivity contribution in [3.05, 3.63) is 78.4 Å². The van der Waals surface area contributed by atoms with Crippen molar-refractivity contribution >= 4 is 61.8 Å². The minimum absolute atomic E-state index is 0.102. The lowest BCUT2D eigenvalue weighted by atomic mass is 10.2. The zero-order chi connectivity index (χ0) is 22.5. The zero-order valence-corrected chi connectivity index (χ0v) is 19.2. The number of aromatic nitrogens is 1. The summed E-state index contributed by atoms with van der Waals surface area (Å²) in [5.41, 5.74) is 3.44. The molecule has 4 rings (SSSR count). The lowest BCUT2D eigenvalue weighted by Crippen LogP contribution is -2.22. The highest BCUT2D eigenvalue weighted by molar-refractivity contribution is 8.00. The van der Waals surface area contributed by atoms with Crippen molar-refractivity contribution < 1.29 is 9.59 Å². The first kappa shape index (κ1) is 21.9. The van der Waals surface area contributed by atoms with Gasteiger partial charge in [0.25, 0.3) is 0 Å². The Morgan fingerprint density at radius 3 is 2.31 bits per heavy atom. The van der Waals surface area contributed by atoms with E-state index < -0.39 is 0 Å². The van der Waals surface area contributed by atoms with Gasteiger partial charge in [-0.15, -0.1) is 11.8 Å². The van der Waals surface area contributed by atoms with Gasteiger partial charge in [-0.2, -0.15) is 0 Å². The molecular weight excluding hydrogens is 440 g/mol. The minimum atomic E-state index is -0.310. The fourth-order valence-electron chi connectivity index (χ4n) is 2.98. The fourth-order valence-corrected chi connectivity index (χ4v) is 4.82. The maximum atomic E-state index is 12.6. The number of fused-ring (bicyclic) bond motifs is 1. The Hall–Kier alpha value is -3.36. The third-order valence-corrected chi connectivity index (χ3v) is 6.65. The Morgan fingerprint density at radius 1 is 0.906 bits per heavy atom. The minimum Gasteiger partial charge on any atom is -0.308 e. The van der Waals surface area contributed by atoms with Crippen LogP contribution in [0.15, 0.2) is 77.7 Å². The molecule has 1 heterocycles. The highest BCUT2D eigenvalue weighted by Gasteiger charge is 2.16. The van der Waals surface area contributed by atoms with Crippen LogP contribution in [0.3, 0.4) is 0 Å². The van der Waals surface area contributed by atoms with Crippen LogP contribution in [-0.2, 0) is 4.79 Å². The molecule has 0 bridgehead atoms. The standard InChI is InChI=1S/C24H22N4O2S2/c1-15-8-13-20-21(14-15)32-24(27-20)28-22(29)16(2)31-19-11-9-18(10-12-19)26-23(30)25-17-6-4-3-5-7-17/h3-14,16H,1-2H3,(H2,25,26,30)(H,27,28,29). The number of thiazole rings is 1. The monoisotopic (exact) mass is 462 g/mol. The van der Waals surface area contributed by atoms with Crippen molar-refractivity contribution in [2.24, 2.45) is 0 Å². The number of nitrogens with zero attached hydrogens (tertiary/aromatic N) is 1. The van der Waals surface area contributed by atoms with E-state index in [9.17, 15) is 9.59 Å². The summed E-state index contributed by atoms with van der Waals surface area (Å²) < 4.78 is 1.06. The molecule has 0 aliphatic heterocycles. The smallest absolute Gasteiger partial charge is 0.308 e. The molecule has 1 aromatic heterocycles. The normalized spacial score (nSPS) is 11.7. The topological polar surface area (TPSA) is 83.1 Å². The summed E-state index contributed by atoms with van der Waals surface area (Å²) in [5, 5.41) is 8.79. The van der Waals surface area contributed by atoms with Crippen molar-refractivity contribution in [3.8, 4) is 0 Å². The number of anilines is 3. The van der Waals surface area contributed by atoms with Crippen LogP contribution in [-0.4, -0.2) is 22.2 Å². The second-order valence-corrected chi connectivity index (χ2v) is 9.65. The molecule has 0 fully saturated rings. The van der Waals surface area contributed by atoms with Gasteiger partial charge >= 0.3 is 6.03 Å². The van der Waals surface area contributed by atoms with Gasteiger partial charge in [0.2, 0.25) is 5.91 Å². The molecule has 162 valence electrons. The molecule has 0 spiro atoms. The maximum Gasteiger partial charge on any atom is 0.323 e. The van der Waals surface area contributed by atoms with Crippen LogP contribution in [0.5, 0.6) is 0 Å². The summed E-state index contributed by atoms with van der Waals surface area (Å²) >= 11 is 2.92. The lowest BCUT2D eigenvalue weighted by Gasteiger charge is -2.11. The lowest BCUT2D eigenvalue weighted by molar-refractivity contribution is -0.115. The molecule has 6 nitrogen and oxygen atoms in total. The van der Waals surface area contributed by atoms with Gasteiger partial charge in [0, 0.05) is 16.3 Å². The van der Waals surface area contributed by atoms with Gasteiger partial charge in [-0.1, -0.05) is 35.6 Å². The van der Waals surface area contributed by atoms with Crippen LogP contribution in [0, 0.1) is 6.92 Å². The second kappa shape index (κ2) is 9.84. The Balaban J connectivity index is 1.31. The SMILES string of the molecule is Cc1ccc2nc(NC(=O)C(C)Sc3ccc(NC(=O)Nc4ccccc4)cc3)sc2c1. The molecule has 0 aliphatic rings. The molecule has 0 saturated heterocycles. The van der Waals surface area contributed by atoms with E-state index in [0.29, 0.717) is 10.8 Å². The van der Waals surface area contributed by atoms with Gasteiger partial charge in [0.15, 0.2) is 5.13 Å². The molecule has 8 heteroatoms. The number of hydrogen-bond acceptors (Lipinski definition) is 5. The highest BCUT2D eigenvalue weighted by Crippen LogP contribution is 2.29. The molecule has 32 heavy (non-hydrogen) atoms. The van der Waals surface area contributed by atoms with Gasteiger partial charge in [-0.05, 0) is 67.9 Å². The molecule has 1 unspecified atom stereocenters. The number of rotatable bonds is 6. The molecular formula is C24H22N4O2S2. The van der Waals surface area contributed by atoms with Gasteiger partial charge in [0.1, 0.15) is 0 Å². The van der Waals surface area contributed by atoms with Crippen molar-refractivity contribution in [3.63, 3.8) is 0 Å². The van der Waals surface area contributed by atoms with Crippen LogP contribution in [0.4, 0.5) is 21.3 Å². The second-order valence-electron chi connectivity index (χ2n) is 7.21. The number of carbonyl (C=O) groups is 2. The van der Waals surface area contributed by atoms with Crippen molar-refractivity contribution in [2.75, 3.05) is 16.0 Å². The first-order valence-electron chi connectivity index (χ1n) is 10.0. The van der Waals surface area contributed by atoms with E-state index in [-0.39, 0.29) is 17.2 Å². The quantitative estimate of drug-likeness (QED) is 0.291. The number of thioether (sulfide) groups is 1. The fraction of sp³-hybridized carbons (Fsp3) is 0.125. The molecule has 0 radical (unpaired) electrons. The predicted molar refractivity (Wildman–Crippen MR) is 134 cm³/mol. The Labute approximate surface area is 194 Å². The largest absolute Gasteiger partial charge is 0.323 e. The van der Waals surface area contributed by atoms with E-state index >= 15 is 0 Å². The Morgan fingerprint density at radius 2 is 1.59 bits per heavy atom. The Kier molecular flexibility index (Phi) is 6.72. The average Bonchev–Trinajstić information content (AvgIpc) is 3.17. The predicted octanol–water partition coefficient (Wildman–Crippen LogP) is 6.37. The van der Waals surface area contributed by atoms with E-state index in [1.54, 1.807) is 0 Å². The van der Waals surface area contributed by atoms with E-state index in [0.717, 1.165) is 20.8 Å². The molecule has 3 N–H and O–H groups in total. The van der Waals surface area contributed by atoms with E-state index in [1.165, 1.54) is 28.7 Å². The summed E-state index contributed by atoms with van der Waals surface area (Å²) in [6, 6.07) is 22.4. The first-order valence-corrected chi connectivity index (χ1v) is 11.7. The number of urea groups is 1. The van der Waals surface area contributed by atoms with Crippen LogP contribution >= 0.6 is 23.1 Å². The van der Waals surface area contributed by atoms with Gasteiger partial charge in [0.05, 0.1) is 15.5 Å². The molecule has 3 aromatic carbocycles. The summed E-state index contributed by atoms with van der Waals surface area (Å²) in [6.45, 7) is 3.89. The summed E-state index contributed by atoms with van der Waals surface area (Å²) in [7, 11) is 0. The van der Waals surface area contributed by atoms with Crippen molar-refractivity contribution in [2.45, 2.75) is 24.0 Å². The average molecular weight is 463 g/mol. The summed E-state index contributed by atoms with van der Waals surface area (Å²) in [5.74, 6) is -0.102. The third kappa shape index (κ3) is 5.66. The van der Waals surface area contributed by atoms with Crippen molar-refractivity contribution in [1.29, 1.82) is 0 Å². The highest BCUT2D eigenvalue weighted by atomic mass is 32.2. The molecule has 0 saturated carbocycles. The van der Waals surface area contributed by atoms with Gasteiger partial charge in [-0.3, -0.25) is 4.79 Å². The van der Waals surface area contributed by atoms with E-state index in [4.69, 9.17) is 0 Å². The number of hydrogen-bond donors (Lipinski definition) is 3.